The molecular formula is C12H22N4O. The number of amides is 1. The van der Waals surface area contributed by atoms with E-state index in [1.54, 1.807) is 25.2 Å². The molecule has 17 heavy (non-hydrogen) atoms. The molecule has 96 valence electrons. The van der Waals surface area contributed by atoms with E-state index in [4.69, 9.17) is 0 Å². The summed E-state index contributed by atoms with van der Waals surface area (Å²) in [6.45, 7) is 3.84. The Labute approximate surface area is 103 Å². The molecule has 1 amide bonds. The molecule has 0 aliphatic rings. The van der Waals surface area contributed by atoms with Crippen molar-refractivity contribution in [1.29, 1.82) is 0 Å². The first-order chi connectivity index (χ1) is 8.09. The molecule has 0 aliphatic heterocycles. The predicted octanol–water partition coefficient (Wildman–Crippen LogP) is 0.730. The van der Waals surface area contributed by atoms with E-state index in [0.29, 0.717) is 12.5 Å². The van der Waals surface area contributed by atoms with Crippen LogP contribution in [0.2, 0.25) is 0 Å². The van der Waals surface area contributed by atoms with Gasteiger partial charge in [-0.15, -0.1) is 0 Å². The number of rotatable bonds is 7. The van der Waals surface area contributed by atoms with Crippen LogP contribution in [0, 0.1) is 0 Å². The number of carbonyl (C=O) groups excluding carboxylic acids is 1. The van der Waals surface area contributed by atoms with Gasteiger partial charge in [-0.1, -0.05) is 0 Å². The summed E-state index contributed by atoms with van der Waals surface area (Å²) in [5.74, 6) is 0.187. The highest BCUT2D eigenvalue weighted by atomic mass is 16.2. The van der Waals surface area contributed by atoms with E-state index in [1.165, 1.54) is 0 Å². The quantitative estimate of drug-likeness (QED) is 0.712. The van der Waals surface area contributed by atoms with Crippen LogP contribution in [-0.2, 0) is 11.3 Å². The van der Waals surface area contributed by atoms with E-state index in [-0.39, 0.29) is 5.91 Å². The van der Waals surface area contributed by atoms with Crippen LogP contribution in [-0.4, -0.2) is 47.3 Å². The molecule has 1 heterocycles. The largest absolute Gasteiger partial charge is 0.349 e. The van der Waals surface area contributed by atoms with Gasteiger partial charge in [-0.05, 0) is 26.0 Å². The first-order valence-corrected chi connectivity index (χ1v) is 6.00. The van der Waals surface area contributed by atoms with Crippen LogP contribution < -0.4 is 5.32 Å². The molecule has 1 unspecified atom stereocenters. The molecule has 5 nitrogen and oxygen atoms in total. The van der Waals surface area contributed by atoms with Crippen LogP contribution in [0.15, 0.2) is 18.5 Å². The fourth-order valence-electron chi connectivity index (χ4n) is 1.57. The Morgan fingerprint density at radius 1 is 1.53 bits per heavy atom. The Hall–Kier alpha value is -1.36. The van der Waals surface area contributed by atoms with Crippen molar-refractivity contribution in [3.63, 3.8) is 0 Å². The highest BCUT2D eigenvalue weighted by Crippen LogP contribution is 1.94. The normalized spacial score (nSPS) is 12.4. The molecule has 0 aromatic carbocycles. The van der Waals surface area contributed by atoms with Crippen LogP contribution in [0.1, 0.15) is 19.8 Å². The van der Waals surface area contributed by atoms with E-state index < -0.39 is 0 Å². The van der Waals surface area contributed by atoms with Crippen LogP contribution in [0.3, 0.4) is 0 Å². The summed E-state index contributed by atoms with van der Waals surface area (Å²) in [6, 6.07) is 2.28. The van der Waals surface area contributed by atoms with Crippen molar-refractivity contribution >= 4 is 5.91 Å². The molecule has 0 fully saturated rings. The van der Waals surface area contributed by atoms with Gasteiger partial charge in [-0.3, -0.25) is 9.48 Å². The molecule has 0 bridgehead atoms. The Bertz CT molecular complexity index is 321. The van der Waals surface area contributed by atoms with Gasteiger partial charge in [0.2, 0.25) is 5.91 Å². The van der Waals surface area contributed by atoms with Crippen LogP contribution in [0.5, 0.6) is 0 Å². The summed E-state index contributed by atoms with van der Waals surface area (Å²) in [6.07, 6.45) is 5.21. The number of carbonyl (C=O) groups is 1. The zero-order valence-corrected chi connectivity index (χ0v) is 10.9. The third-order valence-electron chi connectivity index (χ3n) is 2.58. The molecule has 0 saturated carbocycles. The Morgan fingerprint density at radius 2 is 2.29 bits per heavy atom. The lowest BCUT2D eigenvalue weighted by Crippen LogP contribution is -2.32. The topological polar surface area (TPSA) is 50.2 Å². The number of hydrogen-bond donors (Lipinski definition) is 1. The summed E-state index contributed by atoms with van der Waals surface area (Å²) < 4.78 is 1.91. The van der Waals surface area contributed by atoms with Gasteiger partial charge in [0, 0.05) is 39.0 Å². The van der Waals surface area contributed by atoms with E-state index >= 15 is 0 Å². The van der Waals surface area contributed by atoms with Gasteiger partial charge in [0.15, 0.2) is 0 Å². The Morgan fingerprint density at radius 3 is 2.88 bits per heavy atom. The zero-order valence-electron chi connectivity index (χ0n) is 10.9. The number of nitrogens with one attached hydrogen (secondary N) is 1. The molecule has 0 spiro atoms. The van der Waals surface area contributed by atoms with Crippen LogP contribution in [0.25, 0.3) is 0 Å². The first-order valence-electron chi connectivity index (χ1n) is 6.00. The first kappa shape index (κ1) is 13.7. The third-order valence-corrected chi connectivity index (χ3v) is 2.58. The molecule has 1 atom stereocenters. The van der Waals surface area contributed by atoms with Crippen molar-refractivity contribution in [2.24, 2.45) is 0 Å². The lowest BCUT2D eigenvalue weighted by atomic mass is 10.2. The molecule has 5 heteroatoms. The molecule has 1 rings (SSSR count). The van der Waals surface area contributed by atoms with E-state index in [0.717, 1.165) is 19.5 Å². The van der Waals surface area contributed by atoms with Crippen LogP contribution in [0.4, 0.5) is 0 Å². The van der Waals surface area contributed by atoms with E-state index in [1.807, 2.05) is 16.9 Å². The maximum Gasteiger partial charge on any atom is 0.222 e. The van der Waals surface area contributed by atoms with E-state index in [2.05, 4.69) is 17.3 Å². The molecule has 0 saturated heterocycles. The average Bonchev–Trinajstić information content (AvgIpc) is 2.76. The number of aromatic nitrogens is 2. The maximum atomic E-state index is 11.3. The fraction of sp³-hybridized carbons (Fsp3) is 0.667. The van der Waals surface area contributed by atoms with Crippen LogP contribution >= 0.6 is 0 Å². The second-order valence-corrected chi connectivity index (χ2v) is 4.47. The monoisotopic (exact) mass is 238 g/mol. The highest BCUT2D eigenvalue weighted by Gasteiger charge is 2.05. The minimum atomic E-state index is 0.187. The lowest BCUT2D eigenvalue weighted by Gasteiger charge is -2.14. The lowest BCUT2D eigenvalue weighted by molar-refractivity contribution is -0.128. The molecule has 0 aliphatic carbocycles. The summed E-state index contributed by atoms with van der Waals surface area (Å²) in [5, 5.41) is 7.54. The van der Waals surface area contributed by atoms with Gasteiger partial charge in [0.05, 0.1) is 6.54 Å². The van der Waals surface area contributed by atoms with Crippen molar-refractivity contribution < 1.29 is 4.79 Å². The van der Waals surface area contributed by atoms with Crippen molar-refractivity contribution in [3.8, 4) is 0 Å². The van der Waals surface area contributed by atoms with Gasteiger partial charge in [0.1, 0.15) is 0 Å². The second-order valence-electron chi connectivity index (χ2n) is 4.47. The molecular weight excluding hydrogens is 216 g/mol. The minimum Gasteiger partial charge on any atom is -0.349 e. The van der Waals surface area contributed by atoms with Gasteiger partial charge in [0.25, 0.3) is 0 Å². The van der Waals surface area contributed by atoms with E-state index in [9.17, 15) is 4.79 Å². The standard InChI is InChI=1S/C12H22N4O/c1-11(10-16-9-5-8-14-16)13-7-4-6-12(17)15(2)3/h5,8-9,11,13H,4,6-7,10H2,1-3H3. The fourth-order valence-corrected chi connectivity index (χ4v) is 1.57. The minimum absolute atomic E-state index is 0.187. The molecule has 1 N–H and O–H groups in total. The Balaban J connectivity index is 2.08. The van der Waals surface area contributed by atoms with Gasteiger partial charge < -0.3 is 10.2 Å². The smallest absolute Gasteiger partial charge is 0.222 e. The summed E-state index contributed by atoms with van der Waals surface area (Å²) in [5.41, 5.74) is 0. The average molecular weight is 238 g/mol. The predicted molar refractivity (Wildman–Crippen MR) is 67.6 cm³/mol. The van der Waals surface area contributed by atoms with Gasteiger partial charge in [-0.2, -0.15) is 5.10 Å². The van der Waals surface area contributed by atoms with Crippen molar-refractivity contribution in [2.45, 2.75) is 32.4 Å². The molecule has 1 aromatic rings. The van der Waals surface area contributed by atoms with Crippen molar-refractivity contribution in [2.75, 3.05) is 20.6 Å². The Kier molecular flexibility index (Phi) is 5.69. The summed E-state index contributed by atoms with van der Waals surface area (Å²) >= 11 is 0. The zero-order chi connectivity index (χ0) is 12.7. The third kappa shape index (κ3) is 5.49. The van der Waals surface area contributed by atoms with Gasteiger partial charge in [-0.25, -0.2) is 0 Å². The maximum absolute atomic E-state index is 11.3. The summed E-state index contributed by atoms with van der Waals surface area (Å²) in [4.78, 5) is 13.0. The van der Waals surface area contributed by atoms with Crippen molar-refractivity contribution in [3.05, 3.63) is 18.5 Å². The molecule has 0 radical (unpaired) electrons. The number of hydrogen-bond acceptors (Lipinski definition) is 3. The molecule has 1 aromatic heterocycles. The SMILES string of the molecule is CC(Cn1cccn1)NCCCC(=O)N(C)C. The second kappa shape index (κ2) is 7.06. The van der Waals surface area contributed by atoms with Crippen molar-refractivity contribution in [1.82, 2.24) is 20.0 Å². The summed E-state index contributed by atoms with van der Waals surface area (Å²) in [7, 11) is 3.58. The highest BCUT2D eigenvalue weighted by molar-refractivity contribution is 5.75. The van der Waals surface area contributed by atoms with Gasteiger partial charge >= 0.3 is 0 Å². The number of nitrogens with zero attached hydrogens (tertiary/aromatic N) is 3.